The third-order valence-electron chi connectivity index (χ3n) is 0.904. The van der Waals surface area contributed by atoms with Crippen LogP contribution in [0.5, 0.6) is 0 Å². The van der Waals surface area contributed by atoms with Crippen molar-refractivity contribution in [1.82, 2.24) is 0 Å². The number of hydrogen-bond acceptors (Lipinski definition) is 2. The lowest BCUT2D eigenvalue weighted by Gasteiger charge is -2.20. The van der Waals surface area contributed by atoms with Crippen molar-refractivity contribution in [2.75, 3.05) is 0 Å². The van der Waals surface area contributed by atoms with Crippen LogP contribution in [0.4, 0.5) is 0 Å². The van der Waals surface area contributed by atoms with Gasteiger partial charge >= 0.3 is 0 Å². The molecule has 8 heavy (non-hydrogen) atoms. The molecule has 0 bridgehead atoms. The van der Waals surface area contributed by atoms with Gasteiger partial charge in [0.05, 0.1) is 6.20 Å². The summed E-state index contributed by atoms with van der Waals surface area (Å²) in [6.45, 7) is 3.92. The van der Waals surface area contributed by atoms with Crippen LogP contribution in [0.25, 0.3) is 0 Å². The summed E-state index contributed by atoms with van der Waals surface area (Å²) in [5.41, 5.74) is -0.200. The Kier molecular flexibility index (Phi) is 1.08. The van der Waals surface area contributed by atoms with Gasteiger partial charge in [0.25, 0.3) is 0 Å². The quantitative estimate of drug-likeness (QED) is 0.462. The Morgan fingerprint density at radius 3 is 2.50 bits per heavy atom. The summed E-state index contributed by atoms with van der Waals surface area (Å²) in [6.07, 6.45) is 5.00. The van der Waals surface area contributed by atoms with Crippen molar-refractivity contribution in [3.8, 4) is 0 Å². The molecule has 0 fully saturated rings. The smallest absolute Gasteiger partial charge is 0.138 e. The first-order valence-electron chi connectivity index (χ1n) is 2.58. The van der Waals surface area contributed by atoms with Gasteiger partial charge in [-0.3, -0.25) is 4.99 Å². The molecule has 0 spiro atoms. The van der Waals surface area contributed by atoms with Gasteiger partial charge in [-0.15, -0.1) is 0 Å². The lowest BCUT2D eigenvalue weighted by atomic mass is 10.1. The molecule has 0 aromatic carbocycles. The Balaban J connectivity index is 2.65. The predicted molar refractivity (Wildman–Crippen MR) is 32.8 cm³/mol. The first kappa shape index (κ1) is 5.35. The van der Waals surface area contributed by atoms with Gasteiger partial charge in [-0.05, 0) is 13.8 Å². The van der Waals surface area contributed by atoms with Crippen molar-refractivity contribution in [1.29, 1.82) is 0 Å². The minimum absolute atomic E-state index is 0.200. The van der Waals surface area contributed by atoms with E-state index in [1.54, 1.807) is 18.7 Å². The van der Waals surface area contributed by atoms with Gasteiger partial charge in [-0.25, -0.2) is 0 Å². The zero-order valence-electron chi connectivity index (χ0n) is 5.09. The van der Waals surface area contributed by atoms with E-state index >= 15 is 0 Å². The van der Waals surface area contributed by atoms with Crippen molar-refractivity contribution in [3.63, 3.8) is 0 Å². The van der Waals surface area contributed by atoms with E-state index in [-0.39, 0.29) is 5.60 Å². The highest BCUT2D eigenvalue weighted by Crippen LogP contribution is 2.09. The van der Waals surface area contributed by atoms with Gasteiger partial charge in [0.2, 0.25) is 0 Å². The second-order valence-electron chi connectivity index (χ2n) is 2.28. The molecule has 1 rings (SSSR count). The highest BCUT2D eigenvalue weighted by molar-refractivity contribution is 5.68. The fourth-order valence-electron chi connectivity index (χ4n) is 0.494. The number of ether oxygens (including phenoxy) is 1. The molecule has 0 aliphatic carbocycles. The highest BCUT2D eigenvalue weighted by atomic mass is 16.5. The van der Waals surface area contributed by atoms with Crippen LogP contribution < -0.4 is 0 Å². The van der Waals surface area contributed by atoms with Gasteiger partial charge in [0.1, 0.15) is 11.9 Å². The minimum atomic E-state index is -0.200. The maximum absolute atomic E-state index is 5.14. The van der Waals surface area contributed by atoms with Crippen molar-refractivity contribution < 1.29 is 4.74 Å². The van der Waals surface area contributed by atoms with Crippen LogP contribution in [0.3, 0.4) is 0 Å². The maximum Gasteiger partial charge on any atom is 0.138 e. The summed E-state index contributed by atoms with van der Waals surface area (Å²) < 4.78 is 5.14. The van der Waals surface area contributed by atoms with E-state index < -0.39 is 0 Å². The van der Waals surface area contributed by atoms with Crippen LogP contribution in [-0.4, -0.2) is 11.8 Å². The van der Waals surface area contributed by atoms with Crippen LogP contribution >= 0.6 is 0 Å². The lowest BCUT2D eigenvalue weighted by Crippen LogP contribution is -2.24. The molecule has 0 radical (unpaired) electrons. The van der Waals surface area contributed by atoms with Crippen LogP contribution in [-0.2, 0) is 4.74 Å². The standard InChI is InChI=1S/C6H9NO/c1-6(2)5-7-3-4-8-6/h3-5H,1-2H3. The third kappa shape index (κ3) is 1.09. The average molecular weight is 111 g/mol. The molecule has 2 nitrogen and oxygen atoms in total. The van der Waals surface area contributed by atoms with E-state index in [2.05, 4.69) is 4.99 Å². The van der Waals surface area contributed by atoms with Gasteiger partial charge in [-0.1, -0.05) is 0 Å². The molecule has 0 aromatic heterocycles. The molecule has 0 amide bonds. The second kappa shape index (κ2) is 1.62. The Labute approximate surface area is 48.9 Å². The van der Waals surface area contributed by atoms with Crippen LogP contribution in [0.2, 0.25) is 0 Å². The first-order valence-corrected chi connectivity index (χ1v) is 2.58. The van der Waals surface area contributed by atoms with Crippen LogP contribution in [0.1, 0.15) is 13.8 Å². The van der Waals surface area contributed by atoms with Gasteiger partial charge in [-0.2, -0.15) is 0 Å². The largest absolute Gasteiger partial charge is 0.488 e. The van der Waals surface area contributed by atoms with Crippen molar-refractivity contribution in [3.05, 3.63) is 12.5 Å². The van der Waals surface area contributed by atoms with Crippen molar-refractivity contribution in [2.45, 2.75) is 19.4 Å². The molecule has 0 atom stereocenters. The number of hydrogen-bond donors (Lipinski definition) is 0. The first-order chi connectivity index (χ1) is 3.71. The molecule has 44 valence electrons. The highest BCUT2D eigenvalue weighted by Gasteiger charge is 2.14. The molecule has 0 saturated heterocycles. The van der Waals surface area contributed by atoms with Crippen molar-refractivity contribution in [2.24, 2.45) is 4.99 Å². The molecule has 0 N–H and O–H groups in total. The molecule has 0 unspecified atom stereocenters. The molecule has 0 saturated carbocycles. The molecule has 0 aromatic rings. The van der Waals surface area contributed by atoms with E-state index in [4.69, 9.17) is 4.74 Å². The topological polar surface area (TPSA) is 21.6 Å². The van der Waals surface area contributed by atoms with E-state index in [1.807, 2.05) is 13.8 Å². The SMILES string of the molecule is CC1(C)C=NC=CO1. The molecular weight excluding hydrogens is 102 g/mol. The van der Waals surface area contributed by atoms with E-state index in [1.165, 1.54) is 0 Å². The predicted octanol–water partition coefficient (Wildman–Crippen LogP) is 1.34. The van der Waals surface area contributed by atoms with Crippen LogP contribution in [0, 0.1) is 0 Å². The monoisotopic (exact) mass is 111 g/mol. The van der Waals surface area contributed by atoms with E-state index in [0.29, 0.717) is 0 Å². The lowest BCUT2D eigenvalue weighted by molar-refractivity contribution is 0.124. The molecule has 1 heterocycles. The normalized spacial score (nSPS) is 22.8. The zero-order valence-corrected chi connectivity index (χ0v) is 5.09. The summed E-state index contributed by atoms with van der Waals surface area (Å²) in [7, 11) is 0. The molecular formula is C6H9NO. The van der Waals surface area contributed by atoms with Gasteiger partial charge in [0.15, 0.2) is 0 Å². The van der Waals surface area contributed by atoms with Gasteiger partial charge < -0.3 is 4.74 Å². The Hall–Kier alpha value is -0.790. The van der Waals surface area contributed by atoms with E-state index in [9.17, 15) is 0 Å². The Bertz CT molecular complexity index is 135. The minimum Gasteiger partial charge on any atom is -0.488 e. The Morgan fingerprint density at radius 1 is 1.50 bits per heavy atom. The fraction of sp³-hybridized carbons (Fsp3) is 0.500. The number of nitrogens with zero attached hydrogens (tertiary/aromatic N) is 1. The van der Waals surface area contributed by atoms with E-state index in [0.717, 1.165) is 0 Å². The Morgan fingerprint density at radius 2 is 2.25 bits per heavy atom. The number of aliphatic imine (C=N–C) groups is 1. The second-order valence-corrected chi connectivity index (χ2v) is 2.28. The molecule has 1 aliphatic heterocycles. The van der Waals surface area contributed by atoms with Crippen molar-refractivity contribution >= 4 is 6.21 Å². The summed E-state index contributed by atoms with van der Waals surface area (Å²) in [4.78, 5) is 3.90. The fourth-order valence-corrected chi connectivity index (χ4v) is 0.494. The van der Waals surface area contributed by atoms with Crippen LogP contribution in [0.15, 0.2) is 17.5 Å². The maximum atomic E-state index is 5.14. The summed E-state index contributed by atoms with van der Waals surface area (Å²) in [6, 6.07) is 0. The number of rotatable bonds is 0. The summed E-state index contributed by atoms with van der Waals surface area (Å²) in [5, 5.41) is 0. The zero-order chi connectivity index (χ0) is 6.04. The summed E-state index contributed by atoms with van der Waals surface area (Å²) in [5.74, 6) is 0. The average Bonchev–Trinajstić information content (AvgIpc) is 1.65. The molecule has 1 aliphatic rings. The third-order valence-corrected chi connectivity index (χ3v) is 0.904. The molecule has 2 heteroatoms. The van der Waals surface area contributed by atoms with Gasteiger partial charge in [0, 0.05) is 6.21 Å². The summed E-state index contributed by atoms with van der Waals surface area (Å²) >= 11 is 0.